The number of para-hydroxylation sites is 4. The number of aromatic nitrogens is 2. The van der Waals surface area contributed by atoms with Gasteiger partial charge in [-0.1, -0.05) is 97.1 Å². The Morgan fingerprint density at radius 3 is 1.95 bits per heavy atom. The van der Waals surface area contributed by atoms with E-state index in [2.05, 4.69) is 149 Å². The molecule has 9 rings (SSSR count). The summed E-state index contributed by atoms with van der Waals surface area (Å²) in [6.07, 6.45) is 2.18. The predicted octanol–water partition coefficient (Wildman–Crippen LogP) is 10.3. The second kappa shape index (κ2) is 8.48. The third-order valence-electron chi connectivity index (χ3n) is 8.37. The van der Waals surface area contributed by atoms with Crippen LogP contribution in [0.5, 0.6) is 0 Å². The number of fused-ring (bicyclic) bond motifs is 8. The quantitative estimate of drug-likeness (QED) is 0.225. The zero-order valence-corrected chi connectivity index (χ0v) is 22.2. The highest BCUT2D eigenvalue weighted by atomic mass is 16.3. The molecular formula is C38H24N2O. The topological polar surface area (TPSA) is 23.0 Å². The molecule has 0 unspecified atom stereocenters. The van der Waals surface area contributed by atoms with Crippen LogP contribution in [0.2, 0.25) is 0 Å². The van der Waals surface area contributed by atoms with E-state index in [1.54, 1.807) is 0 Å². The molecule has 192 valence electrons. The van der Waals surface area contributed by atoms with E-state index in [1.807, 2.05) is 6.07 Å². The maximum absolute atomic E-state index is 6.82. The summed E-state index contributed by atoms with van der Waals surface area (Å²) < 4.78 is 11.5. The Balaban J connectivity index is 1.36. The van der Waals surface area contributed by atoms with Crippen LogP contribution in [0.4, 0.5) is 0 Å². The van der Waals surface area contributed by atoms with Crippen molar-refractivity contribution in [2.24, 2.45) is 0 Å². The Hall–Kier alpha value is -5.54. The number of hydrogen-bond donors (Lipinski definition) is 0. The van der Waals surface area contributed by atoms with Crippen molar-refractivity contribution < 1.29 is 4.42 Å². The minimum atomic E-state index is 0.899. The highest BCUT2D eigenvalue weighted by Crippen LogP contribution is 2.42. The maximum atomic E-state index is 6.82. The first-order valence-corrected chi connectivity index (χ1v) is 14.0. The van der Waals surface area contributed by atoms with Gasteiger partial charge < -0.3 is 13.6 Å². The zero-order valence-electron chi connectivity index (χ0n) is 22.2. The Labute approximate surface area is 236 Å². The summed E-state index contributed by atoms with van der Waals surface area (Å²) in [4.78, 5) is 0. The normalized spacial score (nSPS) is 11.9. The molecule has 0 aliphatic rings. The lowest BCUT2D eigenvalue weighted by molar-refractivity contribution is 0.667. The fraction of sp³-hybridized carbons (Fsp3) is 0. The van der Waals surface area contributed by atoms with Gasteiger partial charge in [-0.15, -0.1) is 0 Å². The van der Waals surface area contributed by atoms with Crippen LogP contribution in [-0.2, 0) is 0 Å². The second-order valence-corrected chi connectivity index (χ2v) is 10.6. The predicted molar refractivity (Wildman–Crippen MR) is 170 cm³/mol. The van der Waals surface area contributed by atoms with Gasteiger partial charge in [0.05, 0.1) is 22.2 Å². The molecule has 3 heterocycles. The summed E-state index contributed by atoms with van der Waals surface area (Å²) in [5.41, 5.74) is 9.81. The molecule has 41 heavy (non-hydrogen) atoms. The zero-order chi connectivity index (χ0) is 26.9. The molecule has 0 radical (unpaired) electrons. The van der Waals surface area contributed by atoms with Gasteiger partial charge in [0.15, 0.2) is 5.58 Å². The Kier molecular flexibility index (Phi) is 4.61. The van der Waals surface area contributed by atoms with E-state index in [0.29, 0.717) is 0 Å². The van der Waals surface area contributed by atoms with Crippen LogP contribution in [0.3, 0.4) is 0 Å². The lowest BCUT2D eigenvalue weighted by Crippen LogP contribution is -1.94. The van der Waals surface area contributed by atoms with Crippen LogP contribution in [0.15, 0.2) is 150 Å². The number of rotatable bonds is 3. The Morgan fingerprint density at radius 1 is 0.439 bits per heavy atom. The van der Waals surface area contributed by atoms with Gasteiger partial charge in [0.2, 0.25) is 0 Å². The summed E-state index contributed by atoms with van der Waals surface area (Å²) in [5.74, 6) is 0. The van der Waals surface area contributed by atoms with Crippen molar-refractivity contribution in [3.63, 3.8) is 0 Å². The first-order valence-electron chi connectivity index (χ1n) is 14.0. The number of benzene rings is 6. The molecule has 0 N–H and O–H groups in total. The van der Waals surface area contributed by atoms with Crippen molar-refractivity contribution in [3.05, 3.63) is 146 Å². The maximum Gasteiger partial charge on any atom is 0.159 e. The summed E-state index contributed by atoms with van der Waals surface area (Å²) in [5, 5.41) is 5.98. The summed E-state index contributed by atoms with van der Waals surface area (Å²) >= 11 is 0. The Bertz CT molecular complexity index is 2410. The van der Waals surface area contributed by atoms with Gasteiger partial charge in [-0.3, -0.25) is 0 Å². The Morgan fingerprint density at radius 2 is 1.10 bits per heavy atom. The van der Waals surface area contributed by atoms with E-state index in [9.17, 15) is 0 Å². The van der Waals surface area contributed by atoms with E-state index in [0.717, 1.165) is 44.4 Å². The van der Waals surface area contributed by atoms with E-state index in [-0.39, 0.29) is 0 Å². The van der Waals surface area contributed by atoms with Crippen LogP contribution in [0.25, 0.3) is 77.1 Å². The van der Waals surface area contributed by atoms with Gasteiger partial charge >= 0.3 is 0 Å². The van der Waals surface area contributed by atoms with Gasteiger partial charge in [0.1, 0.15) is 5.58 Å². The summed E-state index contributed by atoms with van der Waals surface area (Å²) in [6.45, 7) is 0. The van der Waals surface area contributed by atoms with Gasteiger partial charge in [-0.05, 0) is 48.0 Å². The van der Waals surface area contributed by atoms with Gasteiger partial charge in [0.25, 0.3) is 0 Å². The van der Waals surface area contributed by atoms with Crippen LogP contribution >= 0.6 is 0 Å². The van der Waals surface area contributed by atoms with Crippen molar-refractivity contribution in [1.29, 1.82) is 0 Å². The largest absolute Gasteiger partial charge is 0.453 e. The van der Waals surface area contributed by atoms with Gasteiger partial charge in [0, 0.05) is 44.4 Å². The monoisotopic (exact) mass is 524 g/mol. The highest BCUT2D eigenvalue weighted by molar-refractivity contribution is 6.22. The van der Waals surface area contributed by atoms with E-state index in [1.165, 1.54) is 32.7 Å². The van der Waals surface area contributed by atoms with E-state index < -0.39 is 0 Å². The molecule has 0 fully saturated rings. The van der Waals surface area contributed by atoms with Crippen molar-refractivity contribution in [3.8, 4) is 22.5 Å². The van der Waals surface area contributed by atoms with Crippen molar-refractivity contribution in [1.82, 2.24) is 9.13 Å². The van der Waals surface area contributed by atoms with Gasteiger partial charge in [-0.2, -0.15) is 0 Å². The van der Waals surface area contributed by atoms with Crippen molar-refractivity contribution >= 4 is 54.6 Å². The molecule has 9 aromatic rings. The fourth-order valence-corrected chi connectivity index (χ4v) is 6.58. The SMILES string of the molecule is c1ccc(-c2cccc3c2oc2c(-n4c5ccccc5c5c6ccn(-c7ccccc7)c6ccc54)cccc23)cc1. The van der Waals surface area contributed by atoms with E-state index >= 15 is 0 Å². The van der Waals surface area contributed by atoms with Crippen molar-refractivity contribution in [2.45, 2.75) is 0 Å². The average Bonchev–Trinajstić information content (AvgIpc) is 3.73. The first-order chi connectivity index (χ1) is 20.4. The molecule has 0 saturated carbocycles. The molecule has 3 heteroatoms. The third-order valence-corrected chi connectivity index (χ3v) is 8.37. The average molecular weight is 525 g/mol. The van der Waals surface area contributed by atoms with Crippen LogP contribution in [-0.4, -0.2) is 9.13 Å². The minimum absolute atomic E-state index is 0.899. The van der Waals surface area contributed by atoms with Crippen LogP contribution < -0.4 is 0 Å². The summed E-state index contributed by atoms with van der Waals surface area (Å²) in [6, 6.07) is 49.4. The smallest absolute Gasteiger partial charge is 0.159 e. The van der Waals surface area contributed by atoms with Gasteiger partial charge in [-0.25, -0.2) is 0 Å². The molecule has 3 nitrogen and oxygen atoms in total. The molecule has 6 aromatic carbocycles. The molecule has 0 aliphatic carbocycles. The lowest BCUT2D eigenvalue weighted by Gasteiger charge is -2.09. The molecule has 0 bridgehead atoms. The van der Waals surface area contributed by atoms with Crippen molar-refractivity contribution in [2.75, 3.05) is 0 Å². The molecule has 3 aromatic heterocycles. The molecule has 0 saturated heterocycles. The molecule has 0 spiro atoms. The standard InChI is InChI=1S/C38H24N2O/c1-3-11-25(12-4-1)27-16-9-17-28-29-18-10-20-35(38(29)41-37(27)28)40-33-19-8-7-15-30(33)36-31-23-24-39(26-13-5-2-6-14-26)32(31)21-22-34(36)40/h1-24H. The minimum Gasteiger partial charge on any atom is -0.453 e. The first kappa shape index (κ1) is 22.3. The fourth-order valence-electron chi connectivity index (χ4n) is 6.58. The number of furan rings is 1. The molecule has 0 aliphatic heterocycles. The molecule has 0 atom stereocenters. The molecule has 0 amide bonds. The van der Waals surface area contributed by atoms with E-state index in [4.69, 9.17) is 4.42 Å². The highest BCUT2D eigenvalue weighted by Gasteiger charge is 2.20. The molecular weight excluding hydrogens is 500 g/mol. The lowest BCUT2D eigenvalue weighted by atomic mass is 10.0. The number of hydrogen-bond acceptors (Lipinski definition) is 1. The number of nitrogens with zero attached hydrogens (tertiary/aromatic N) is 2. The third kappa shape index (κ3) is 3.14. The van der Waals surface area contributed by atoms with Crippen LogP contribution in [0, 0.1) is 0 Å². The second-order valence-electron chi connectivity index (χ2n) is 10.6. The van der Waals surface area contributed by atoms with Crippen LogP contribution in [0.1, 0.15) is 0 Å². The summed E-state index contributed by atoms with van der Waals surface area (Å²) in [7, 11) is 0.